The summed E-state index contributed by atoms with van der Waals surface area (Å²) >= 11 is 0. The third kappa shape index (κ3) is 5.40. The summed E-state index contributed by atoms with van der Waals surface area (Å²) in [5.41, 5.74) is 1.80. The Morgan fingerprint density at radius 3 is 2.57 bits per heavy atom. The number of pyridine rings is 1. The lowest BCUT2D eigenvalue weighted by atomic mass is 10.1. The quantitative estimate of drug-likeness (QED) is 0.620. The van der Waals surface area contributed by atoms with Gasteiger partial charge in [0, 0.05) is 24.9 Å². The smallest absolute Gasteiger partial charge is 0.247 e. The summed E-state index contributed by atoms with van der Waals surface area (Å²) in [6.45, 7) is 6.15. The maximum atomic E-state index is 12.8. The Hall–Kier alpha value is -3.19. The molecule has 3 aromatic rings. The van der Waals surface area contributed by atoms with Crippen LogP contribution in [-0.4, -0.2) is 22.2 Å². The average Bonchev–Trinajstić information content (AvgIpc) is 3.08. The molecule has 0 aliphatic carbocycles. The molecule has 1 unspecified atom stereocenters. The Bertz CT molecular complexity index is 892. The van der Waals surface area contributed by atoms with E-state index in [0.29, 0.717) is 24.0 Å². The number of aryl methyl sites for hydroxylation is 1. The van der Waals surface area contributed by atoms with E-state index in [0.717, 1.165) is 11.1 Å². The number of hydrogen-bond acceptors (Lipinski definition) is 6. The first kappa shape index (κ1) is 19.6. The van der Waals surface area contributed by atoms with Crippen molar-refractivity contribution in [2.24, 2.45) is 0 Å². The normalized spacial score (nSPS) is 12.0. The Kier molecular flexibility index (Phi) is 6.39. The number of benzene rings is 1. The first-order valence-corrected chi connectivity index (χ1v) is 9.15. The van der Waals surface area contributed by atoms with Gasteiger partial charge in [0.25, 0.3) is 0 Å². The van der Waals surface area contributed by atoms with Crippen LogP contribution in [0.3, 0.4) is 0 Å². The monoisotopic (exact) mass is 380 g/mol. The van der Waals surface area contributed by atoms with Gasteiger partial charge in [0.15, 0.2) is 5.82 Å². The molecule has 146 valence electrons. The molecule has 1 aromatic carbocycles. The molecule has 0 fully saturated rings. The topological polar surface area (TPSA) is 89.3 Å². The Morgan fingerprint density at radius 2 is 1.96 bits per heavy atom. The lowest BCUT2D eigenvalue weighted by Gasteiger charge is -2.18. The molecule has 3 rings (SSSR count). The molecule has 2 N–H and O–H groups in total. The third-order valence-corrected chi connectivity index (χ3v) is 3.94. The Morgan fingerprint density at radius 1 is 1.18 bits per heavy atom. The lowest BCUT2D eigenvalue weighted by Crippen LogP contribution is -2.32. The minimum Gasteiger partial charge on any atom is -0.475 e. The zero-order valence-corrected chi connectivity index (χ0v) is 16.2. The van der Waals surface area contributed by atoms with E-state index in [1.54, 1.807) is 19.2 Å². The fourth-order valence-corrected chi connectivity index (χ4v) is 2.68. The van der Waals surface area contributed by atoms with Gasteiger partial charge < -0.3 is 14.6 Å². The van der Waals surface area contributed by atoms with E-state index in [9.17, 15) is 4.79 Å². The van der Waals surface area contributed by atoms with Crippen molar-refractivity contribution >= 4 is 11.7 Å². The van der Waals surface area contributed by atoms with Crippen molar-refractivity contribution in [3.8, 4) is 5.88 Å². The van der Waals surface area contributed by atoms with E-state index in [1.807, 2.05) is 56.3 Å². The third-order valence-electron chi connectivity index (χ3n) is 3.94. The van der Waals surface area contributed by atoms with E-state index >= 15 is 0 Å². The molecule has 0 radical (unpaired) electrons. The van der Waals surface area contributed by atoms with Gasteiger partial charge in [-0.25, -0.2) is 4.98 Å². The number of hydrogen-bond donors (Lipinski definition) is 2. The second-order valence-corrected chi connectivity index (χ2v) is 6.71. The van der Waals surface area contributed by atoms with Crippen LogP contribution in [0.2, 0.25) is 0 Å². The summed E-state index contributed by atoms with van der Waals surface area (Å²) in [5.74, 6) is 1.39. The highest BCUT2D eigenvalue weighted by Gasteiger charge is 2.21. The van der Waals surface area contributed by atoms with Crippen molar-refractivity contribution < 1.29 is 14.1 Å². The van der Waals surface area contributed by atoms with Crippen LogP contribution in [0.1, 0.15) is 36.8 Å². The molecule has 2 heterocycles. The highest BCUT2D eigenvalue weighted by atomic mass is 16.5. The number of amides is 1. The van der Waals surface area contributed by atoms with Gasteiger partial charge in [-0.05, 0) is 31.9 Å². The molecule has 0 bridgehead atoms. The van der Waals surface area contributed by atoms with Crippen molar-refractivity contribution in [2.45, 2.75) is 39.5 Å². The highest BCUT2D eigenvalue weighted by Crippen LogP contribution is 2.17. The van der Waals surface area contributed by atoms with Crippen molar-refractivity contribution in [3.63, 3.8) is 0 Å². The number of rotatable bonds is 8. The second-order valence-electron chi connectivity index (χ2n) is 6.71. The van der Waals surface area contributed by atoms with Crippen molar-refractivity contribution in [1.82, 2.24) is 15.5 Å². The van der Waals surface area contributed by atoms with Crippen LogP contribution in [0.15, 0.2) is 59.3 Å². The first-order valence-electron chi connectivity index (χ1n) is 9.15. The zero-order valence-electron chi connectivity index (χ0n) is 16.2. The summed E-state index contributed by atoms with van der Waals surface area (Å²) in [6, 6.07) is 14.4. The molecule has 1 atom stereocenters. The van der Waals surface area contributed by atoms with Crippen LogP contribution in [0.5, 0.6) is 5.88 Å². The highest BCUT2D eigenvalue weighted by molar-refractivity contribution is 5.94. The number of carbonyl (C=O) groups is 1. The summed E-state index contributed by atoms with van der Waals surface area (Å²) < 4.78 is 10.6. The van der Waals surface area contributed by atoms with E-state index in [2.05, 4.69) is 20.8 Å². The molecule has 2 aromatic heterocycles. The second kappa shape index (κ2) is 9.14. The fraction of sp³-hybridized carbons (Fsp3) is 0.286. The minimum atomic E-state index is -0.551. The van der Waals surface area contributed by atoms with Gasteiger partial charge in [-0.3, -0.25) is 10.1 Å². The predicted molar refractivity (Wildman–Crippen MR) is 106 cm³/mol. The summed E-state index contributed by atoms with van der Waals surface area (Å²) in [7, 11) is 0. The number of anilines is 1. The van der Waals surface area contributed by atoms with Gasteiger partial charge in [0.05, 0.1) is 6.10 Å². The maximum Gasteiger partial charge on any atom is 0.247 e. The minimum absolute atomic E-state index is 0.0720. The molecular formula is C21H24N4O3. The summed E-state index contributed by atoms with van der Waals surface area (Å²) in [5, 5.41) is 9.90. The van der Waals surface area contributed by atoms with Gasteiger partial charge in [0.1, 0.15) is 11.8 Å². The van der Waals surface area contributed by atoms with Crippen LogP contribution < -0.4 is 15.4 Å². The maximum absolute atomic E-state index is 12.8. The zero-order chi connectivity index (χ0) is 19.9. The number of ether oxygens (including phenoxy) is 1. The standard InChI is InChI=1S/C21H24N4O3/c1-14(2)27-19-10-9-16(12-22-19)13-23-20(17-7-5-4-6-8-17)21(26)24-18-11-15(3)28-25-18/h4-12,14,20,23H,13H2,1-3H3,(H,24,25,26). The molecule has 28 heavy (non-hydrogen) atoms. The molecular weight excluding hydrogens is 356 g/mol. The predicted octanol–water partition coefficient (Wildman–Crippen LogP) is 3.63. The van der Waals surface area contributed by atoms with Gasteiger partial charge in [-0.15, -0.1) is 0 Å². The SMILES string of the molecule is Cc1cc(NC(=O)C(NCc2ccc(OC(C)C)nc2)c2ccccc2)no1. The van der Waals surface area contributed by atoms with E-state index in [-0.39, 0.29) is 12.0 Å². The van der Waals surface area contributed by atoms with Gasteiger partial charge >= 0.3 is 0 Å². The molecule has 0 spiro atoms. The molecule has 0 saturated carbocycles. The van der Waals surface area contributed by atoms with Gasteiger partial charge in [-0.1, -0.05) is 41.6 Å². The van der Waals surface area contributed by atoms with Crippen LogP contribution in [-0.2, 0) is 11.3 Å². The summed E-state index contributed by atoms with van der Waals surface area (Å²) in [6.07, 6.45) is 1.81. The summed E-state index contributed by atoms with van der Waals surface area (Å²) in [4.78, 5) is 17.1. The Labute approximate surface area is 164 Å². The number of nitrogens with zero attached hydrogens (tertiary/aromatic N) is 2. The largest absolute Gasteiger partial charge is 0.475 e. The molecule has 1 amide bonds. The lowest BCUT2D eigenvalue weighted by molar-refractivity contribution is -0.118. The van der Waals surface area contributed by atoms with Crippen molar-refractivity contribution in [1.29, 1.82) is 0 Å². The molecule has 0 saturated heterocycles. The van der Waals surface area contributed by atoms with Crippen LogP contribution in [0.4, 0.5) is 5.82 Å². The van der Waals surface area contributed by atoms with Gasteiger partial charge in [-0.2, -0.15) is 0 Å². The molecule has 0 aliphatic rings. The molecule has 7 heteroatoms. The number of aromatic nitrogens is 2. The number of nitrogens with one attached hydrogen (secondary N) is 2. The van der Waals surface area contributed by atoms with Crippen molar-refractivity contribution in [2.75, 3.05) is 5.32 Å². The average molecular weight is 380 g/mol. The number of carbonyl (C=O) groups excluding carboxylic acids is 1. The molecule has 0 aliphatic heterocycles. The van der Waals surface area contributed by atoms with Crippen molar-refractivity contribution in [3.05, 3.63) is 71.6 Å². The van der Waals surface area contributed by atoms with E-state index in [4.69, 9.17) is 9.26 Å². The van der Waals surface area contributed by atoms with Gasteiger partial charge in [0.2, 0.25) is 11.8 Å². The van der Waals surface area contributed by atoms with Crippen LogP contribution in [0, 0.1) is 6.92 Å². The Balaban J connectivity index is 1.69. The fourth-order valence-electron chi connectivity index (χ4n) is 2.68. The molecule has 7 nitrogen and oxygen atoms in total. The van der Waals surface area contributed by atoms with Crippen LogP contribution in [0.25, 0.3) is 0 Å². The first-order chi connectivity index (χ1) is 13.5. The van der Waals surface area contributed by atoms with E-state index < -0.39 is 6.04 Å². The van der Waals surface area contributed by atoms with Crippen LogP contribution >= 0.6 is 0 Å². The van der Waals surface area contributed by atoms with E-state index in [1.165, 1.54) is 0 Å².